The second-order valence-electron chi connectivity index (χ2n) is 10.1. The zero-order valence-corrected chi connectivity index (χ0v) is 22.7. The largest absolute Gasteiger partial charge is 0.495 e. The Kier molecular flexibility index (Phi) is 8.19. The van der Waals surface area contributed by atoms with E-state index in [2.05, 4.69) is 20.6 Å². The molecule has 1 aliphatic carbocycles. The van der Waals surface area contributed by atoms with Gasteiger partial charge < -0.3 is 20.1 Å². The lowest BCUT2D eigenvalue weighted by atomic mass is 9.92. The molecule has 2 N–H and O–H groups in total. The Bertz CT molecular complexity index is 1460. The summed E-state index contributed by atoms with van der Waals surface area (Å²) in [6.45, 7) is 0.545. The Morgan fingerprint density at radius 1 is 1.14 bits per heavy atom. The number of amides is 1. The number of aromatic nitrogens is 2. The SMILES string of the molecule is COc1cc(C(=O)NC2CCC(F)(F)CC2)ccc1Nc1ncc(C(F)(F)F)c(Oc2cccc3c2CON(C)C3)n1. The highest BCUT2D eigenvalue weighted by Crippen LogP contribution is 2.40. The maximum Gasteiger partial charge on any atom is 0.423 e. The van der Waals surface area contributed by atoms with E-state index >= 15 is 0 Å². The van der Waals surface area contributed by atoms with E-state index in [4.69, 9.17) is 14.3 Å². The van der Waals surface area contributed by atoms with Gasteiger partial charge in [0.25, 0.3) is 5.91 Å². The van der Waals surface area contributed by atoms with Gasteiger partial charge in [0.15, 0.2) is 0 Å². The van der Waals surface area contributed by atoms with Crippen LogP contribution in [0.2, 0.25) is 0 Å². The standard InChI is InChI=1S/C28H28F5N5O4/c1-38-14-17-4-3-5-22(19(17)15-41-38)42-25-20(28(31,32)33)13-34-26(37-25)36-21-7-6-16(12-23(21)40-2)24(39)35-18-8-10-27(29,30)11-9-18/h3-7,12-13,18H,8-11,14-15H2,1-2H3,(H,35,39)(H,34,36,37). The Labute approximate surface area is 237 Å². The number of methoxy groups -OCH3 is 1. The van der Waals surface area contributed by atoms with Crippen molar-refractivity contribution in [1.29, 1.82) is 0 Å². The average Bonchev–Trinajstić information content (AvgIpc) is 2.94. The molecule has 5 rings (SSSR count). The van der Waals surface area contributed by atoms with Crippen molar-refractivity contribution in [3.63, 3.8) is 0 Å². The maximum absolute atomic E-state index is 13.8. The molecule has 1 amide bonds. The van der Waals surface area contributed by atoms with Gasteiger partial charge in [-0.2, -0.15) is 23.2 Å². The Hall–Kier alpha value is -4.04. The summed E-state index contributed by atoms with van der Waals surface area (Å²) in [5.41, 5.74) is 0.769. The zero-order chi connectivity index (χ0) is 30.1. The minimum atomic E-state index is -4.79. The molecule has 2 heterocycles. The number of ether oxygens (including phenoxy) is 2. The van der Waals surface area contributed by atoms with Crippen LogP contribution >= 0.6 is 0 Å². The molecule has 1 fully saturated rings. The summed E-state index contributed by atoms with van der Waals surface area (Å²) in [7, 11) is 3.10. The number of hydroxylamine groups is 2. The highest BCUT2D eigenvalue weighted by molar-refractivity contribution is 5.95. The predicted molar refractivity (Wildman–Crippen MR) is 141 cm³/mol. The highest BCUT2D eigenvalue weighted by Gasteiger charge is 2.37. The Morgan fingerprint density at radius 2 is 1.90 bits per heavy atom. The summed E-state index contributed by atoms with van der Waals surface area (Å²) >= 11 is 0. The maximum atomic E-state index is 13.8. The van der Waals surface area contributed by atoms with E-state index in [0.717, 1.165) is 5.56 Å². The van der Waals surface area contributed by atoms with Crippen molar-refractivity contribution in [2.75, 3.05) is 19.5 Å². The second kappa shape index (κ2) is 11.7. The normalized spacial score (nSPS) is 17.3. The molecule has 0 atom stereocenters. The van der Waals surface area contributed by atoms with E-state index in [1.54, 1.807) is 18.2 Å². The number of hydrogen-bond donors (Lipinski definition) is 2. The molecule has 0 saturated heterocycles. The highest BCUT2D eigenvalue weighted by atomic mass is 19.4. The Morgan fingerprint density at radius 3 is 2.62 bits per heavy atom. The smallest absolute Gasteiger partial charge is 0.423 e. The molecular weight excluding hydrogens is 565 g/mol. The van der Waals surface area contributed by atoms with Crippen molar-refractivity contribution >= 4 is 17.5 Å². The molecule has 3 aromatic rings. The first-order chi connectivity index (χ1) is 19.9. The van der Waals surface area contributed by atoms with Gasteiger partial charge in [-0.3, -0.25) is 9.63 Å². The van der Waals surface area contributed by atoms with Gasteiger partial charge in [-0.25, -0.2) is 13.8 Å². The molecule has 0 spiro atoms. The fraction of sp³-hybridized carbons (Fsp3) is 0.393. The average molecular weight is 594 g/mol. The minimum Gasteiger partial charge on any atom is -0.495 e. The van der Waals surface area contributed by atoms with Crippen LogP contribution in [0.25, 0.3) is 0 Å². The van der Waals surface area contributed by atoms with Crippen molar-refractivity contribution in [1.82, 2.24) is 20.3 Å². The molecule has 1 saturated carbocycles. The number of alkyl halides is 5. The van der Waals surface area contributed by atoms with Gasteiger partial charge in [0.05, 0.1) is 19.4 Å². The van der Waals surface area contributed by atoms with Crippen LogP contribution < -0.4 is 20.1 Å². The monoisotopic (exact) mass is 593 g/mol. The number of halogens is 5. The van der Waals surface area contributed by atoms with Crippen molar-refractivity contribution in [2.24, 2.45) is 0 Å². The number of nitrogens with one attached hydrogen (secondary N) is 2. The number of fused-ring (bicyclic) bond motifs is 1. The van der Waals surface area contributed by atoms with E-state index in [1.807, 2.05) is 6.07 Å². The van der Waals surface area contributed by atoms with Gasteiger partial charge in [0.1, 0.15) is 17.1 Å². The van der Waals surface area contributed by atoms with E-state index in [1.165, 1.54) is 31.4 Å². The third-order valence-electron chi connectivity index (χ3n) is 7.08. The summed E-state index contributed by atoms with van der Waals surface area (Å²) in [4.78, 5) is 26.1. The lowest BCUT2D eigenvalue weighted by molar-refractivity contribution is -0.168. The summed E-state index contributed by atoms with van der Waals surface area (Å²) in [6, 6.07) is 9.04. The van der Waals surface area contributed by atoms with Gasteiger partial charge in [0.2, 0.25) is 17.8 Å². The molecule has 0 unspecified atom stereocenters. The second-order valence-corrected chi connectivity index (χ2v) is 10.1. The van der Waals surface area contributed by atoms with E-state index < -0.39 is 29.4 Å². The summed E-state index contributed by atoms with van der Waals surface area (Å²) in [5, 5.41) is 7.18. The van der Waals surface area contributed by atoms with Crippen LogP contribution in [0, 0.1) is 0 Å². The van der Waals surface area contributed by atoms with Gasteiger partial charge >= 0.3 is 6.18 Å². The van der Waals surface area contributed by atoms with E-state index in [0.29, 0.717) is 18.3 Å². The molecule has 2 aromatic carbocycles. The quantitative estimate of drug-likeness (QED) is 0.312. The van der Waals surface area contributed by atoms with Gasteiger partial charge in [-0.05, 0) is 42.7 Å². The third-order valence-corrected chi connectivity index (χ3v) is 7.08. The first-order valence-electron chi connectivity index (χ1n) is 13.1. The van der Waals surface area contributed by atoms with Crippen molar-refractivity contribution in [2.45, 2.75) is 57.0 Å². The molecule has 0 radical (unpaired) electrons. The molecular formula is C28H28F5N5O4. The molecule has 0 bridgehead atoms. The number of anilines is 2. The number of hydrogen-bond acceptors (Lipinski definition) is 8. The summed E-state index contributed by atoms with van der Waals surface area (Å²) in [5.74, 6) is -3.74. The van der Waals surface area contributed by atoms with Crippen LogP contribution in [0.1, 0.15) is 52.7 Å². The van der Waals surface area contributed by atoms with Crippen LogP contribution in [0.5, 0.6) is 17.4 Å². The Balaban J connectivity index is 1.36. The molecule has 1 aliphatic heterocycles. The number of carbonyl (C=O) groups is 1. The van der Waals surface area contributed by atoms with Crippen LogP contribution in [-0.4, -0.2) is 47.1 Å². The van der Waals surface area contributed by atoms with E-state index in [-0.39, 0.29) is 67.0 Å². The molecule has 2 aliphatic rings. The van der Waals surface area contributed by atoms with Crippen molar-refractivity contribution < 1.29 is 41.1 Å². The van der Waals surface area contributed by atoms with Gasteiger partial charge in [0, 0.05) is 49.8 Å². The van der Waals surface area contributed by atoms with Crippen LogP contribution in [0.15, 0.2) is 42.6 Å². The molecule has 14 heteroatoms. The zero-order valence-electron chi connectivity index (χ0n) is 22.7. The topological polar surface area (TPSA) is 97.8 Å². The van der Waals surface area contributed by atoms with Crippen molar-refractivity contribution in [3.8, 4) is 17.4 Å². The molecule has 224 valence electrons. The first-order valence-corrected chi connectivity index (χ1v) is 13.1. The summed E-state index contributed by atoms with van der Waals surface area (Å²) < 4.78 is 79.5. The van der Waals surface area contributed by atoms with E-state index in [9.17, 15) is 26.7 Å². The summed E-state index contributed by atoms with van der Waals surface area (Å²) in [6.07, 6.45) is -4.42. The molecule has 1 aromatic heterocycles. The van der Waals surface area contributed by atoms with Gasteiger partial charge in [-0.1, -0.05) is 12.1 Å². The number of rotatable bonds is 7. The van der Waals surface area contributed by atoms with Crippen molar-refractivity contribution in [3.05, 3.63) is 64.8 Å². The lowest BCUT2D eigenvalue weighted by Gasteiger charge is -2.28. The molecule has 9 nitrogen and oxygen atoms in total. The predicted octanol–water partition coefficient (Wildman–Crippen LogP) is 6.22. The van der Waals surface area contributed by atoms with Crippen LogP contribution in [-0.2, 0) is 24.2 Å². The fourth-order valence-corrected chi connectivity index (χ4v) is 4.79. The number of benzene rings is 2. The minimum absolute atomic E-state index is 0.115. The number of carbonyl (C=O) groups excluding carboxylic acids is 1. The van der Waals surface area contributed by atoms with Crippen LogP contribution in [0.3, 0.4) is 0 Å². The first kappa shape index (κ1) is 29.5. The lowest BCUT2D eigenvalue weighted by Crippen LogP contribution is -2.40. The fourth-order valence-electron chi connectivity index (χ4n) is 4.79. The van der Waals surface area contributed by atoms with Gasteiger partial charge in [-0.15, -0.1) is 0 Å². The third kappa shape index (κ3) is 6.71. The molecule has 42 heavy (non-hydrogen) atoms. The number of nitrogens with zero attached hydrogens (tertiary/aromatic N) is 3. The van der Waals surface area contributed by atoms with Crippen LogP contribution in [0.4, 0.5) is 33.6 Å².